The molecule has 0 radical (unpaired) electrons. The van der Waals surface area contributed by atoms with E-state index < -0.39 is 65.8 Å². The molecule has 9 rings (SSSR count). The lowest BCUT2D eigenvalue weighted by molar-refractivity contribution is 0.472. The fraction of sp³-hybridized carbons (Fsp3) is 0.186. The van der Waals surface area contributed by atoms with Gasteiger partial charge in [0.25, 0.3) is 0 Å². The Bertz CT molecular complexity index is 3650. The first-order chi connectivity index (χ1) is 34.3. The molecule has 0 amide bonds. The van der Waals surface area contributed by atoms with Crippen LogP contribution in [0.4, 0.5) is 0 Å². The first-order valence-corrected chi connectivity index (χ1v) is 21.1. The number of nitrogens with zero attached hydrogens (tertiary/aromatic N) is 3. The van der Waals surface area contributed by atoms with E-state index in [0.717, 1.165) is 50.1 Å². The third-order valence-corrected chi connectivity index (χ3v) is 11.6. The number of aromatic nitrogens is 3. The van der Waals surface area contributed by atoms with Crippen molar-refractivity contribution in [3.63, 3.8) is 0 Å². The van der Waals surface area contributed by atoms with Crippen molar-refractivity contribution in [3.05, 3.63) is 192 Å². The average molecular weight is 832 g/mol. The Morgan fingerprint density at radius 1 is 0.571 bits per heavy atom. The molecular weight excluding hydrogens is 767 g/mol. The molecule has 0 atom stereocenters. The van der Waals surface area contributed by atoms with Gasteiger partial charge in [-0.05, 0) is 136 Å². The number of pyridine rings is 1. The van der Waals surface area contributed by atoms with Crippen LogP contribution in [0.25, 0.3) is 83.9 Å². The molecule has 4 nitrogen and oxygen atoms in total. The average Bonchev–Trinajstić information content (AvgIpc) is 3.73. The highest BCUT2D eigenvalue weighted by Crippen LogP contribution is 2.45. The minimum Gasteiger partial charge on any atom is -0.507 e. The van der Waals surface area contributed by atoms with Crippen molar-refractivity contribution in [1.29, 1.82) is 0 Å². The van der Waals surface area contributed by atoms with Crippen LogP contribution in [-0.4, -0.2) is 19.6 Å². The van der Waals surface area contributed by atoms with E-state index in [4.69, 9.17) is 17.3 Å². The molecule has 4 heteroatoms. The van der Waals surface area contributed by atoms with Gasteiger partial charge >= 0.3 is 0 Å². The minimum absolute atomic E-state index is 0.0430. The monoisotopic (exact) mass is 831 g/mol. The van der Waals surface area contributed by atoms with Gasteiger partial charge in [0.2, 0.25) is 0 Å². The summed E-state index contributed by atoms with van der Waals surface area (Å²) in [5.74, 6) is 0.605. The zero-order valence-electron chi connectivity index (χ0n) is 46.8. The molecule has 0 aliphatic rings. The summed E-state index contributed by atoms with van der Waals surface area (Å²) in [4.78, 5) is 9.98. The molecule has 2 heterocycles. The first-order valence-electron chi connectivity index (χ1n) is 26.1. The number of benzene rings is 7. The van der Waals surface area contributed by atoms with Gasteiger partial charge < -0.3 is 5.11 Å². The Morgan fingerprint density at radius 3 is 1.92 bits per heavy atom. The molecule has 312 valence electrons. The molecule has 0 aliphatic heterocycles. The van der Waals surface area contributed by atoms with Gasteiger partial charge in [0.15, 0.2) is 0 Å². The second kappa shape index (κ2) is 16.0. The standard InChI is InChI=1S/C59H55N3O/c1-37-23-25-40(26-24-37)43-27-28-60-52(34-43)45-31-44(32-46(33-45)58(4,5)6)47-21-16-22-53-55(47)61-57(50-30-38(2)29-39(3)56(50)63)62(53)54-36-48(41-17-12-10-13-18-41)51(59(7,8)9)35-49(54)42-19-14-11-15-20-42/h10-36,63H,1-9H3/i1D3,23D,24D,25D,26D,27D,28D,34D. The van der Waals surface area contributed by atoms with Gasteiger partial charge in [-0.3, -0.25) is 9.55 Å². The maximum Gasteiger partial charge on any atom is 0.149 e. The van der Waals surface area contributed by atoms with E-state index in [1.54, 1.807) is 0 Å². The highest BCUT2D eigenvalue weighted by atomic mass is 16.3. The third-order valence-electron chi connectivity index (χ3n) is 11.6. The number of hydrogen-bond acceptors (Lipinski definition) is 3. The fourth-order valence-electron chi connectivity index (χ4n) is 8.36. The lowest BCUT2D eigenvalue weighted by Gasteiger charge is -2.27. The van der Waals surface area contributed by atoms with Gasteiger partial charge in [-0.2, -0.15) is 0 Å². The number of rotatable bonds is 7. The molecule has 0 unspecified atom stereocenters. The molecule has 0 bridgehead atoms. The van der Waals surface area contributed by atoms with Crippen LogP contribution < -0.4 is 0 Å². The maximum atomic E-state index is 12.0. The summed E-state index contributed by atoms with van der Waals surface area (Å²) < 4.78 is 88.4. The van der Waals surface area contributed by atoms with Crippen LogP contribution >= 0.6 is 0 Å². The number of phenols is 1. The van der Waals surface area contributed by atoms with Crippen LogP contribution in [0.5, 0.6) is 5.75 Å². The minimum atomic E-state index is -2.97. The summed E-state index contributed by atoms with van der Waals surface area (Å²) in [6, 6.07) is 36.5. The topological polar surface area (TPSA) is 50.9 Å². The van der Waals surface area contributed by atoms with Crippen LogP contribution in [0, 0.1) is 20.7 Å². The van der Waals surface area contributed by atoms with Gasteiger partial charge in [-0.25, -0.2) is 4.98 Å². The fourth-order valence-corrected chi connectivity index (χ4v) is 8.36. The molecular formula is C59H55N3O. The normalized spacial score (nSPS) is 14.4. The summed E-state index contributed by atoms with van der Waals surface area (Å²) in [7, 11) is 0. The number of hydrogen-bond donors (Lipinski definition) is 1. The number of fused-ring (bicyclic) bond motifs is 1. The van der Waals surface area contributed by atoms with Crippen LogP contribution in [0.15, 0.2) is 164 Å². The quantitative estimate of drug-likeness (QED) is 0.174. The van der Waals surface area contributed by atoms with Crippen molar-refractivity contribution in [3.8, 4) is 78.6 Å². The van der Waals surface area contributed by atoms with E-state index in [1.807, 2.05) is 120 Å². The van der Waals surface area contributed by atoms with Crippen LogP contribution in [0.1, 0.15) is 83.1 Å². The lowest BCUT2D eigenvalue weighted by atomic mass is 9.79. The summed E-state index contributed by atoms with van der Waals surface area (Å²) in [6.45, 7) is 13.7. The largest absolute Gasteiger partial charge is 0.507 e. The zero-order chi connectivity index (χ0) is 52.8. The Hall–Kier alpha value is -7.04. The Morgan fingerprint density at radius 2 is 1.25 bits per heavy atom. The molecule has 7 aromatic carbocycles. The Balaban J connectivity index is 1.37. The number of aromatic hydroxyl groups is 1. The van der Waals surface area contributed by atoms with Crippen LogP contribution in [0.2, 0.25) is 0 Å². The summed E-state index contributed by atoms with van der Waals surface area (Å²) >= 11 is 0. The molecule has 0 spiro atoms. The van der Waals surface area contributed by atoms with E-state index >= 15 is 0 Å². The van der Waals surface area contributed by atoms with E-state index in [1.165, 1.54) is 0 Å². The lowest BCUT2D eigenvalue weighted by Crippen LogP contribution is -2.14. The number of para-hydroxylation sites is 1. The van der Waals surface area contributed by atoms with Crippen molar-refractivity contribution in [2.24, 2.45) is 0 Å². The smallest absolute Gasteiger partial charge is 0.149 e. The summed E-state index contributed by atoms with van der Waals surface area (Å²) in [5, 5.41) is 12.0. The highest BCUT2D eigenvalue weighted by Gasteiger charge is 2.27. The highest BCUT2D eigenvalue weighted by molar-refractivity contribution is 5.98. The van der Waals surface area contributed by atoms with E-state index in [0.29, 0.717) is 39.2 Å². The molecule has 1 N–H and O–H groups in total. The van der Waals surface area contributed by atoms with Gasteiger partial charge in [0, 0.05) is 27.0 Å². The predicted molar refractivity (Wildman–Crippen MR) is 265 cm³/mol. The Kier molecular flexibility index (Phi) is 7.86. The van der Waals surface area contributed by atoms with Crippen molar-refractivity contribution >= 4 is 11.0 Å². The zero-order valence-corrected chi connectivity index (χ0v) is 36.8. The van der Waals surface area contributed by atoms with Crippen molar-refractivity contribution in [2.75, 3.05) is 0 Å². The SMILES string of the molecule is [2H]c1nc(-c2cc(-c3cccc4c3nc(-c3cc(C)cc(C)c3O)n4-c3cc(-c4ccccc4)c(C(C)(C)C)cc3-c3ccccc3)cc(C(C)(C)C)c2)c([2H])c(-c2c([2H])c([2H])c(C([2H])([2H])[2H])c([2H])c2[2H])c1[2H]. The second-order valence-corrected chi connectivity index (χ2v) is 18.3. The van der Waals surface area contributed by atoms with Crippen LogP contribution in [0.3, 0.4) is 0 Å². The van der Waals surface area contributed by atoms with Gasteiger partial charge in [0.05, 0.1) is 37.6 Å². The number of phenolic OH excluding ortho intramolecular Hbond substituents is 1. The first kappa shape index (κ1) is 30.9. The molecule has 9 aromatic rings. The Labute approximate surface area is 386 Å². The summed E-state index contributed by atoms with van der Waals surface area (Å²) in [6.07, 6.45) is -0.569. The van der Waals surface area contributed by atoms with Crippen molar-refractivity contribution in [1.82, 2.24) is 14.5 Å². The molecule has 0 saturated heterocycles. The van der Waals surface area contributed by atoms with Crippen molar-refractivity contribution in [2.45, 2.75) is 73.1 Å². The molecule has 2 aromatic heterocycles. The van der Waals surface area contributed by atoms with Crippen LogP contribution in [-0.2, 0) is 10.8 Å². The third kappa shape index (κ3) is 7.98. The van der Waals surface area contributed by atoms with Crippen molar-refractivity contribution < 1.29 is 18.8 Å². The predicted octanol–water partition coefficient (Wildman–Crippen LogP) is 15.6. The van der Waals surface area contributed by atoms with E-state index in [2.05, 4.69) is 66.7 Å². The molecule has 63 heavy (non-hydrogen) atoms. The van der Waals surface area contributed by atoms with Gasteiger partial charge in [0.1, 0.15) is 11.6 Å². The maximum absolute atomic E-state index is 12.0. The summed E-state index contributed by atoms with van der Waals surface area (Å²) in [5.41, 5.74) is 9.78. The number of imidazole rings is 1. The van der Waals surface area contributed by atoms with Gasteiger partial charge in [-0.15, -0.1) is 0 Å². The number of aryl methyl sites for hydroxylation is 2. The second-order valence-electron chi connectivity index (χ2n) is 18.3. The molecule has 0 saturated carbocycles. The van der Waals surface area contributed by atoms with Gasteiger partial charge in [-0.1, -0.05) is 156 Å². The molecule has 0 fully saturated rings. The van der Waals surface area contributed by atoms with E-state index in [9.17, 15) is 6.48 Å². The molecule has 0 aliphatic carbocycles. The van der Waals surface area contributed by atoms with E-state index in [-0.39, 0.29) is 22.4 Å².